The predicted octanol–water partition coefficient (Wildman–Crippen LogP) is 7.74. The summed E-state index contributed by atoms with van der Waals surface area (Å²) in [6.07, 6.45) is 5.24. The van der Waals surface area contributed by atoms with Gasteiger partial charge in [-0.05, 0) is 67.2 Å². The molecule has 3 aromatic rings. The highest BCUT2D eigenvalue weighted by atomic mass is 16.5. The number of aliphatic carboxylic acids is 1. The number of ether oxygens (including phenoxy) is 2. The molecule has 1 saturated heterocycles. The summed E-state index contributed by atoms with van der Waals surface area (Å²) in [5.41, 5.74) is 3.02. The zero-order valence-electron chi connectivity index (χ0n) is 27.5. The van der Waals surface area contributed by atoms with Crippen LogP contribution in [-0.4, -0.2) is 46.6 Å². The Morgan fingerprint density at radius 3 is 2.00 bits per heavy atom. The van der Waals surface area contributed by atoms with Gasteiger partial charge in [0.1, 0.15) is 30.3 Å². The number of hydrogen-bond donors (Lipinski definition) is 2. The van der Waals surface area contributed by atoms with Crippen LogP contribution in [0.4, 0.5) is 0 Å². The number of allylic oxidation sites excluding steroid dienone is 1. The summed E-state index contributed by atoms with van der Waals surface area (Å²) in [4.78, 5) is 29.0. The van der Waals surface area contributed by atoms with E-state index in [4.69, 9.17) is 9.47 Å². The fourth-order valence-electron chi connectivity index (χ4n) is 7.10. The lowest BCUT2D eigenvalue weighted by atomic mass is 9.76. The van der Waals surface area contributed by atoms with Crippen LogP contribution in [0.5, 0.6) is 11.5 Å². The van der Waals surface area contributed by atoms with E-state index in [-0.39, 0.29) is 23.8 Å². The van der Waals surface area contributed by atoms with Crippen molar-refractivity contribution in [2.24, 2.45) is 11.8 Å². The quantitative estimate of drug-likeness (QED) is 0.191. The van der Waals surface area contributed by atoms with Crippen molar-refractivity contribution in [2.75, 3.05) is 13.1 Å². The molecule has 5 rings (SSSR count). The largest absolute Gasteiger partial charge is 0.488 e. The van der Waals surface area contributed by atoms with Gasteiger partial charge in [-0.3, -0.25) is 14.9 Å². The van der Waals surface area contributed by atoms with Crippen molar-refractivity contribution in [1.29, 1.82) is 0 Å². The van der Waals surface area contributed by atoms with E-state index < -0.39 is 11.5 Å². The molecule has 1 saturated carbocycles. The van der Waals surface area contributed by atoms with Crippen molar-refractivity contribution < 1.29 is 24.2 Å². The Morgan fingerprint density at radius 1 is 0.913 bits per heavy atom. The first-order valence-electron chi connectivity index (χ1n) is 16.6. The van der Waals surface area contributed by atoms with Gasteiger partial charge in [0.15, 0.2) is 0 Å². The molecule has 1 aliphatic carbocycles. The number of carbonyl (C=O) groups excluding carboxylic acids is 1. The van der Waals surface area contributed by atoms with Crippen LogP contribution in [0, 0.1) is 11.8 Å². The highest BCUT2D eigenvalue weighted by Gasteiger charge is 2.49. The van der Waals surface area contributed by atoms with E-state index in [1.54, 1.807) is 0 Å². The summed E-state index contributed by atoms with van der Waals surface area (Å²) < 4.78 is 12.6. The number of carboxylic acids is 1. The van der Waals surface area contributed by atoms with Crippen LogP contribution in [0.25, 0.3) is 5.57 Å². The van der Waals surface area contributed by atoms with Crippen LogP contribution >= 0.6 is 0 Å². The van der Waals surface area contributed by atoms with E-state index in [1.165, 1.54) is 0 Å². The molecule has 2 N–H and O–H groups in total. The van der Waals surface area contributed by atoms with Crippen LogP contribution in [0.2, 0.25) is 0 Å². The number of carbonyl (C=O) groups is 2. The van der Waals surface area contributed by atoms with Gasteiger partial charge in [0, 0.05) is 30.8 Å². The number of nitrogens with zero attached hydrogens (tertiary/aromatic N) is 1. The van der Waals surface area contributed by atoms with Gasteiger partial charge in [-0.15, -0.1) is 0 Å². The number of nitrogens with one attached hydrogen (secondary N) is 1. The van der Waals surface area contributed by atoms with Gasteiger partial charge in [0.05, 0.1) is 5.56 Å². The first kappa shape index (κ1) is 33.3. The van der Waals surface area contributed by atoms with E-state index in [0.29, 0.717) is 56.2 Å². The number of likely N-dealkylation sites (tertiary alicyclic amines) is 1. The van der Waals surface area contributed by atoms with Crippen molar-refractivity contribution in [3.05, 3.63) is 102 Å². The van der Waals surface area contributed by atoms with Crippen molar-refractivity contribution >= 4 is 17.4 Å². The summed E-state index contributed by atoms with van der Waals surface area (Å²) in [5, 5.41) is 14.2. The fraction of sp³-hybridized carbons (Fsp3) is 0.436. The Labute approximate surface area is 273 Å². The maximum atomic E-state index is 14.3. The second-order valence-electron chi connectivity index (χ2n) is 13.4. The lowest BCUT2D eigenvalue weighted by molar-refractivity contribution is -0.149. The van der Waals surface area contributed by atoms with Gasteiger partial charge in [0.25, 0.3) is 5.91 Å². The number of carboxylic acid groups (broad SMARTS) is 1. The van der Waals surface area contributed by atoms with Crippen LogP contribution < -0.4 is 14.8 Å². The normalized spacial score (nSPS) is 18.0. The standard InChI is InChI=1S/C39H48N2O5/c1-27(2)23-39(38(43)44,31-17-11-12-18-31)40-32-19-20-41(24-32)37(42)34-21-33(28(3)4)35(45-25-29-13-7-5-8-14-29)22-36(34)46-26-30-15-9-6-10-16-30/h5-10,13-16,21-22,27,31-32,40H,3,11-12,17-20,23-26H2,1-2,4H3,(H,43,44)/t32?,39-/m0/s1. The average molecular weight is 625 g/mol. The van der Waals surface area contributed by atoms with E-state index in [2.05, 4.69) is 25.7 Å². The summed E-state index contributed by atoms with van der Waals surface area (Å²) in [5.74, 6) is 0.465. The predicted molar refractivity (Wildman–Crippen MR) is 182 cm³/mol. The lowest BCUT2D eigenvalue weighted by Crippen LogP contribution is -2.61. The number of hydrogen-bond acceptors (Lipinski definition) is 5. The summed E-state index contributed by atoms with van der Waals surface area (Å²) in [7, 11) is 0. The number of benzene rings is 3. The molecule has 1 heterocycles. The van der Waals surface area contributed by atoms with Gasteiger partial charge in [-0.1, -0.05) is 93.9 Å². The van der Waals surface area contributed by atoms with E-state index >= 15 is 0 Å². The summed E-state index contributed by atoms with van der Waals surface area (Å²) >= 11 is 0. The minimum Gasteiger partial charge on any atom is -0.488 e. The average Bonchev–Trinajstić information content (AvgIpc) is 3.76. The molecule has 0 bridgehead atoms. The van der Waals surface area contributed by atoms with Crippen LogP contribution in [-0.2, 0) is 18.0 Å². The second kappa shape index (κ2) is 15.0. The molecule has 7 heteroatoms. The number of amides is 1. The molecular formula is C39H48N2O5. The fourth-order valence-corrected chi connectivity index (χ4v) is 7.10. The molecule has 7 nitrogen and oxygen atoms in total. The summed E-state index contributed by atoms with van der Waals surface area (Å²) in [6, 6.07) is 23.3. The highest BCUT2D eigenvalue weighted by molar-refractivity contribution is 5.98. The molecule has 3 aromatic carbocycles. The molecule has 0 aromatic heterocycles. The lowest BCUT2D eigenvalue weighted by Gasteiger charge is -2.40. The molecule has 1 amide bonds. The molecule has 0 radical (unpaired) electrons. The molecule has 2 fully saturated rings. The Morgan fingerprint density at radius 2 is 1.48 bits per heavy atom. The molecule has 1 unspecified atom stereocenters. The maximum Gasteiger partial charge on any atom is 0.324 e. The minimum absolute atomic E-state index is 0.0942. The minimum atomic E-state index is -0.983. The van der Waals surface area contributed by atoms with Crippen LogP contribution in [0.1, 0.15) is 86.3 Å². The molecule has 1 aliphatic heterocycles. The van der Waals surface area contributed by atoms with Crippen LogP contribution in [0.15, 0.2) is 79.4 Å². The van der Waals surface area contributed by atoms with E-state index in [9.17, 15) is 14.7 Å². The van der Waals surface area contributed by atoms with Crippen molar-refractivity contribution in [1.82, 2.24) is 10.2 Å². The van der Waals surface area contributed by atoms with Gasteiger partial charge in [0.2, 0.25) is 0 Å². The van der Waals surface area contributed by atoms with Gasteiger partial charge in [-0.2, -0.15) is 0 Å². The third kappa shape index (κ3) is 7.81. The van der Waals surface area contributed by atoms with E-state index in [1.807, 2.05) is 84.6 Å². The van der Waals surface area contributed by atoms with Crippen LogP contribution in [0.3, 0.4) is 0 Å². The smallest absolute Gasteiger partial charge is 0.324 e. The van der Waals surface area contributed by atoms with Crippen molar-refractivity contribution in [2.45, 2.75) is 84.1 Å². The number of rotatable bonds is 14. The molecule has 244 valence electrons. The Hall–Kier alpha value is -4.10. The maximum absolute atomic E-state index is 14.3. The monoisotopic (exact) mass is 624 g/mol. The summed E-state index contributed by atoms with van der Waals surface area (Å²) in [6.45, 7) is 11.9. The van der Waals surface area contributed by atoms with Crippen molar-refractivity contribution in [3.63, 3.8) is 0 Å². The molecule has 2 atom stereocenters. The Balaban J connectivity index is 1.41. The molecule has 0 spiro atoms. The Bertz CT molecular complexity index is 1500. The molecule has 2 aliphatic rings. The highest BCUT2D eigenvalue weighted by Crippen LogP contribution is 2.40. The van der Waals surface area contributed by atoms with E-state index in [0.717, 1.165) is 47.9 Å². The van der Waals surface area contributed by atoms with Gasteiger partial charge in [-0.25, -0.2) is 0 Å². The first-order chi connectivity index (χ1) is 22.2. The zero-order chi connectivity index (χ0) is 32.7. The SMILES string of the molecule is C=C(C)c1cc(C(=O)N2CCC(N[C@](CC(C)C)(C(=O)O)C3CCCC3)C2)c(OCc2ccccc2)cc1OCc1ccccc1. The van der Waals surface area contributed by atoms with Gasteiger partial charge < -0.3 is 19.5 Å². The van der Waals surface area contributed by atoms with Gasteiger partial charge >= 0.3 is 5.97 Å². The topological polar surface area (TPSA) is 88.1 Å². The Kier molecular flexibility index (Phi) is 10.8. The van der Waals surface area contributed by atoms with Crippen molar-refractivity contribution in [3.8, 4) is 11.5 Å². The molecule has 46 heavy (non-hydrogen) atoms. The third-order valence-corrected chi connectivity index (χ3v) is 9.35. The third-order valence-electron chi connectivity index (χ3n) is 9.35. The second-order valence-corrected chi connectivity index (χ2v) is 13.4. The zero-order valence-corrected chi connectivity index (χ0v) is 27.5. The molecular weight excluding hydrogens is 576 g/mol. The first-order valence-corrected chi connectivity index (χ1v) is 16.6.